The van der Waals surface area contributed by atoms with E-state index >= 15 is 0 Å². The van der Waals surface area contributed by atoms with Crippen LogP contribution in [0.5, 0.6) is 0 Å². The third kappa shape index (κ3) is 3.62. The summed E-state index contributed by atoms with van der Waals surface area (Å²) in [4.78, 5) is 33.9. The van der Waals surface area contributed by atoms with E-state index in [2.05, 4.69) is 4.98 Å². The number of rotatable bonds is 6. The van der Waals surface area contributed by atoms with Crippen molar-refractivity contribution in [3.63, 3.8) is 0 Å². The van der Waals surface area contributed by atoms with E-state index in [1.165, 1.54) is 6.92 Å². The first-order chi connectivity index (χ1) is 8.64. The number of nitrogens with one attached hydrogen (secondary N) is 1. The lowest BCUT2D eigenvalue weighted by Gasteiger charge is -2.17. The van der Waals surface area contributed by atoms with Crippen LogP contribution in [0.4, 0.5) is 0 Å². The standard InChI is InChI=1S/C8H10N2O7S2/c1-4-7(18-8(15)9-4)19(16,17)10(2-5(11)12)3-6(13)14/h2-3H2,1H3,(H,9,15)(H,11,12)(H,13,14). The molecule has 9 nitrogen and oxygen atoms in total. The molecule has 1 aromatic heterocycles. The molecule has 0 amide bonds. The minimum Gasteiger partial charge on any atom is -0.480 e. The summed E-state index contributed by atoms with van der Waals surface area (Å²) in [5.41, 5.74) is 0.0378. The molecular formula is C8H10N2O7S2. The summed E-state index contributed by atoms with van der Waals surface area (Å²) >= 11 is 0.377. The summed E-state index contributed by atoms with van der Waals surface area (Å²) in [6.07, 6.45) is 0. The van der Waals surface area contributed by atoms with Crippen LogP contribution in [0.15, 0.2) is 9.00 Å². The highest BCUT2D eigenvalue weighted by atomic mass is 32.2. The first-order valence-electron chi connectivity index (χ1n) is 4.78. The Balaban J connectivity index is 3.26. The number of carboxylic acid groups (broad SMARTS) is 2. The first kappa shape index (κ1) is 15.3. The van der Waals surface area contributed by atoms with Crippen LogP contribution in [0.2, 0.25) is 0 Å². The van der Waals surface area contributed by atoms with Crippen molar-refractivity contribution in [1.29, 1.82) is 0 Å². The average molecular weight is 310 g/mol. The van der Waals surface area contributed by atoms with Crippen LogP contribution in [0.25, 0.3) is 0 Å². The average Bonchev–Trinajstić information content (AvgIpc) is 2.56. The molecule has 1 aromatic rings. The summed E-state index contributed by atoms with van der Waals surface area (Å²) < 4.78 is 24.1. The number of nitrogens with zero attached hydrogens (tertiary/aromatic N) is 1. The number of carboxylic acids is 2. The monoisotopic (exact) mass is 310 g/mol. The zero-order valence-electron chi connectivity index (χ0n) is 9.61. The van der Waals surface area contributed by atoms with Gasteiger partial charge in [0.25, 0.3) is 10.0 Å². The fourth-order valence-electron chi connectivity index (χ4n) is 1.28. The highest BCUT2D eigenvalue weighted by Crippen LogP contribution is 2.20. The van der Waals surface area contributed by atoms with Gasteiger partial charge < -0.3 is 15.2 Å². The van der Waals surface area contributed by atoms with E-state index in [9.17, 15) is 22.8 Å². The Morgan fingerprint density at radius 3 is 2.05 bits per heavy atom. The zero-order chi connectivity index (χ0) is 14.8. The zero-order valence-corrected chi connectivity index (χ0v) is 11.2. The van der Waals surface area contributed by atoms with Gasteiger partial charge in [-0.1, -0.05) is 11.3 Å². The lowest BCUT2D eigenvalue weighted by atomic mass is 10.6. The van der Waals surface area contributed by atoms with Crippen molar-refractivity contribution in [2.45, 2.75) is 11.1 Å². The van der Waals surface area contributed by atoms with Crippen LogP contribution < -0.4 is 4.87 Å². The number of sulfonamides is 1. The Kier molecular flexibility index (Phi) is 4.44. The molecule has 1 rings (SSSR count). The Labute approximate surface area is 111 Å². The molecule has 106 valence electrons. The number of hydrogen-bond acceptors (Lipinski definition) is 6. The van der Waals surface area contributed by atoms with Crippen LogP contribution in [0, 0.1) is 6.92 Å². The third-order valence-corrected chi connectivity index (χ3v) is 5.35. The highest BCUT2D eigenvalue weighted by Gasteiger charge is 2.31. The molecule has 0 bridgehead atoms. The molecule has 0 aliphatic rings. The van der Waals surface area contributed by atoms with E-state index in [1.54, 1.807) is 0 Å². The van der Waals surface area contributed by atoms with E-state index < -0.39 is 39.9 Å². The van der Waals surface area contributed by atoms with Crippen molar-refractivity contribution in [2.24, 2.45) is 0 Å². The number of aryl methyl sites for hydroxylation is 1. The van der Waals surface area contributed by atoms with Crippen molar-refractivity contribution in [3.05, 3.63) is 15.4 Å². The Bertz CT molecular complexity index is 641. The molecule has 0 saturated carbocycles. The molecule has 1 heterocycles. The SMILES string of the molecule is Cc1[nH]c(=O)sc1S(=O)(=O)N(CC(=O)O)CC(=O)O. The van der Waals surface area contributed by atoms with Gasteiger partial charge in [-0.3, -0.25) is 14.4 Å². The summed E-state index contributed by atoms with van der Waals surface area (Å²) in [6.45, 7) is -0.676. The van der Waals surface area contributed by atoms with Gasteiger partial charge in [0.2, 0.25) is 0 Å². The normalized spacial score (nSPS) is 11.7. The van der Waals surface area contributed by atoms with Crippen molar-refractivity contribution in [3.8, 4) is 0 Å². The largest absolute Gasteiger partial charge is 0.480 e. The lowest BCUT2D eigenvalue weighted by Crippen LogP contribution is -2.39. The van der Waals surface area contributed by atoms with Gasteiger partial charge in [0.05, 0.1) is 0 Å². The predicted molar refractivity (Wildman–Crippen MR) is 63.7 cm³/mol. The molecule has 0 aromatic carbocycles. The molecular weight excluding hydrogens is 300 g/mol. The second kappa shape index (κ2) is 5.50. The summed E-state index contributed by atoms with van der Waals surface area (Å²) in [5, 5.41) is 17.2. The first-order valence-corrected chi connectivity index (χ1v) is 7.03. The van der Waals surface area contributed by atoms with Gasteiger partial charge in [-0.2, -0.15) is 4.31 Å². The molecule has 0 fully saturated rings. The maximum absolute atomic E-state index is 12.1. The lowest BCUT2D eigenvalue weighted by molar-refractivity contribution is -0.139. The molecule has 19 heavy (non-hydrogen) atoms. The Morgan fingerprint density at radius 1 is 1.26 bits per heavy atom. The van der Waals surface area contributed by atoms with Crippen LogP contribution in [-0.2, 0) is 19.6 Å². The molecule has 0 radical (unpaired) electrons. The van der Waals surface area contributed by atoms with Gasteiger partial charge in [0.15, 0.2) is 4.21 Å². The van der Waals surface area contributed by atoms with Crippen molar-refractivity contribution < 1.29 is 28.2 Å². The maximum atomic E-state index is 12.1. The molecule has 0 spiro atoms. The van der Waals surface area contributed by atoms with Gasteiger partial charge in [-0.25, -0.2) is 8.42 Å². The molecule has 11 heteroatoms. The number of aromatic nitrogens is 1. The van der Waals surface area contributed by atoms with E-state index in [1.807, 2.05) is 0 Å². The summed E-state index contributed by atoms with van der Waals surface area (Å²) in [5.74, 6) is -2.99. The molecule has 0 atom stereocenters. The number of aromatic amines is 1. The van der Waals surface area contributed by atoms with Crippen molar-refractivity contribution in [2.75, 3.05) is 13.1 Å². The van der Waals surface area contributed by atoms with Crippen LogP contribution in [-0.4, -0.2) is 52.9 Å². The van der Waals surface area contributed by atoms with Crippen LogP contribution >= 0.6 is 11.3 Å². The van der Waals surface area contributed by atoms with Crippen LogP contribution in [0.1, 0.15) is 5.69 Å². The van der Waals surface area contributed by atoms with Gasteiger partial charge in [0, 0.05) is 5.69 Å². The van der Waals surface area contributed by atoms with Gasteiger partial charge in [0.1, 0.15) is 13.1 Å². The number of hydrogen-bond donors (Lipinski definition) is 3. The minimum atomic E-state index is -4.34. The second-order valence-electron chi connectivity index (χ2n) is 3.49. The van der Waals surface area contributed by atoms with E-state index in [4.69, 9.17) is 10.2 Å². The molecule has 0 aliphatic carbocycles. The third-order valence-electron chi connectivity index (χ3n) is 1.98. The van der Waals surface area contributed by atoms with E-state index in [0.29, 0.717) is 11.3 Å². The number of H-pyrrole nitrogens is 1. The molecule has 0 unspecified atom stereocenters. The summed E-state index contributed by atoms with van der Waals surface area (Å²) in [7, 11) is -4.34. The fraction of sp³-hybridized carbons (Fsp3) is 0.375. The smallest absolute Gasteiger partial charge is 0.318 e. The topological polar surface area (TPSA) is 145 Å². The molecule has 0 aliphatic heterocycles. The number of aliphatic carboxylic acids is 2. The quantitative estimate of drug-likeness (QED) is 0.605. The second-order valence-corrected chi connectivity index (χ2v) is 6.60. The summed E-state index contributed by atoms with van der Waals surface area (Å²) in [6, 6.07) is 0. The van der Waals surface area contributed by atoms with E-state index in [-0.39, 0.29) is 14.2 Å². The maximum Gasteiger partial charge on any atom is 0.318 e. The number of thiazole rings is 1. The molecule has 3 N–H and O–H groups in total. The van der Waals surface area contributed by atoms with Gasteiger partial charge in [-0.15, -0.1) is 0 Å². The fourth-order valence-corrected chi connectivity index (χ4v) is 4.06. The van der Waals surface area contributed by atoms with Crippen molar-refractivity contribution in [1.82, 2.24) is 9.29 Å². The molecule has 0 saturated heterocycles. The van der Waals surface area contributed by atoms with Crippen LogP contribution in [0.3, 0.4) is 0 Å². The Hall–Kier alpha value is -1.72. The minimum absolute atomic E-state index is 0.0378. The van der Waals surface area contributed by atoms with E-state index in [0.717, 1.165) is 0 Å². The van der Waals surface area contributed by atoms with Gasteiger partial charge in [-0.05, 0) is 6.92 Å². The van der Waals surface area contributed by atoms with Gasteiger partial charge >= 0.3 is 16.8 Å². The number of carbonyl (C=O) groups is 2. The van der Waals surface area contributed by atoms with Crippen molar-refractivity contribution >= 4 is 33.3 Å². The highest BCUT2D eigenvalue weighted by molar-refractivity contribution is 7.91. The Morgan fingerprint density at radius 2 is 1.74 bits per heavy atom. The predicted octanol–water partition coefficient (Wildman–Crippen LogP) is -1.10.